The molecule has 0 radical (unpaired) electrons. The number of rotatable bonds is 8. The van der Waals surface area contributed by atoms with Crippen molar-refractivity contribution in [2.45, 2.75) is 103 Å². The van der Waals surface area contributed by atoms with Crippen molar-refractivity contribution >= 4 is 27.0 Å². The summed E-state index contributed by atoms with van der Waals surface area (Å²) < 4.78 is 33.9. The third-order valence-electron chi connectivity index (χ3n) is 7.69. The van der Waals surface area contributed by atoms with E-state index in [-0.39, 0.29) is 40.4 Å². The molecular weight excluding hydrogens is 514 g/mol. The Labute approximate surface area is 231 Å². The molecule has 1 aliphatic rings. The highest BCUT2D eigenvalue weighted by molar-refractivity contribution is 7.87. The van der Waals surface area contributed by atoms with Crippen LogP contribution in [0.2, 0.25) is 0 Å². The summed E-state index contributed by atoms with van der Waals surface area (Å²) in [6.07, 6.45) is 4.20. The first-order valence-corrected chi connectivity index (χ1v) is 15.2. The third kappa shape index (κ3) is 6.08. The predicted octanol–water partition coefficient (Wildman–Crippen LogP) is 6.83. The molecule has 0 atom stereocenters. The van der Waals surface area contributed by atoms with Gasteiger partial charge in [-0.05, 0) is 73.1 Å². The standard InChI is InChI=1S/C30H39N3O5S/c1-16(2)22-12-23(17(3)4)28(24(13-22)18(5)6)39(36,37)38-29-25-14-26(31-15-27(25)32-19(7)33-29)20-8-10-21(11-9-20)30(34)35/h12-18,20-21H,8-11H2,1-7H3,(H,34,35). The van der Waals surface area contributed by atoms with Crippen molar-refractivity contribution < 1.29 is 22.5 Å². The average molecular weight is 554 g/mol. The van der Waals surface area contributed by atoms with Crippen LogP contribution in [0, 0.1) is 12.8 Å². The smallest absolute Gasteiger partial charge is 0.341 e. The first kappa shape index (κ1) is 28.9. The van der Waals surface area contributed by atoms with E-state index in [1.807, 2.05) is 39.8 Å². The topological polar surface area (TPSA) is 119 Å². The molecule has 1 N–H and O–H groups in total. The fourth-order valence-electron chi connectivity index (χ4n) is 5.38. The van der Waals surface area contributed by atoms with Crippen LogP contribution in [0.5, 0.6) is 5.88 Å². The molecule has 0 unspecified atom stereocenters. The molecule has 39 heavy (non-hydrogen) atoms. The number of carbonyl (C=O) groups is 1. The second kappa shape index (κ2) is 11.2. The van der Waals surface area contributed by atoms with E-state index in [9.17, 15) is 18.3 Å². The minimum absolute atomic E-state index is 0.0160. The van der Waals surface area contributed by atoms with E-state index in [4.69, 9.17) is 4.18 Å². The summed E-state index contributed by atoms with van der Waals surface area (Å²) in [4.78, 5) is 25.1. The van der Waals surface area contributed by atoms with Gasteiger partial charge < -0.3 is 9.29 Å². The minimum atomic E-state index is -4.25. The molecule has 3 aromatic rings. The van der Waals surface area contributed by atoms with Crippen LogP contribution in [0.4, 0.5) is 0 Å². The average Bonchev–Trinajstić information content (AvgIpc) is 2.87. The summed E-state index contributed by atoms with van der Waals surface area (Å²) in [6.45, 7) is 13.9. The predicted molar refractivity (Wildman–Crippen MR) is 151 cm³/mol. The lowest BCUT2D eigenvalue weighted by molar-refractivity contribution is -0.142. The van der Waals surface area contributed by atoms with E-state index < -0.39 is 16.1 Å². The van der Waals surface area contributed by atoms with Crippen LogP contribution in [0.3, 0.4) is 0 Å². The van der Waals surface area contributed by atoms with E-state index >= 15 is 0 Å². The van der Waals surface area contributed by atoms with E-state index in [1.165, 1.54) is 0 Å². The zero-order chi connectivity index (χ0) is 28.6. The molecule has 1 aromatic carbocycles. The molecule has 0 spiro atoms. The van der Waals surface area contributed by atoms with Crippen LogP contribution >= 0.6 is 0 Å². The first-order valence-electron chi connectivity index (χ1n) is 13.8. The Kier molecular flexibility index (Phi) is 8.30. The van der Waals surface area contributed by atoms with Gasteiger partial charge in [-0.15, -0.1) is 0 Å². The number of aliphatic carboxylic acids is 1. The molecule has 8 nitrogen and oxygen atoms in total. The van der Waals surface area contributed by atoms with Gasteiger partial charge in [0.05, 0.1) is 23.0 Å². The van der Waals surface area contributed by atoms with Crippen molar-refractivity contribution in [1.29, 1.82) is 0 Å². The quantitative estimate of drug-likeness (QED) is 0.301. The van der Waals surface area contributed by atoms with E-state index in [1.54, 1.807) is 19.2 Å². The minimum Gasteiger partial charge on any atom is -0.481 e. The van der Waals surface area contributed by atoms with Crippen LogP contribution in [-0.4, -0.2) is 34.4 Å². The fraction of sp³-hybridized carbons (Fsp3) is 0.533. The van der Waals surface area contributed by atoms with E-state index in [2.05, 4.69) is 28.8 Å². The van der Waals surface area contributed by atoms with E-state index in [0.717, 1.165) is 22.4 Å². The Morgan fingerprint density at radius 2 is 1.51 bits per heavy atom. The van der Waals surface area contributed by atoms with Gasteiger partial charge in [0.2, 0.25) is 5.88 Å². The van der Waals surface area contributed by atoms with Crippen molar-refractivity contribution in [3.63, 3.8) is 0 Å². The Bertz CT molecular complexity index is 1460. The second-order valence-electron chi connectivity index (χ2n) is 11.6. The van der Waals surface area contributed by atoms with Crippen molar-refractivity contribution in [2.75, 3.05) is 0 Å². The van der Waals surface area contributed by atoms with Crippen molar-refractivity contribution in [3.8, 4) is 5.88 Å². The molecule has 2 aromatic heterocycles. The number of pyridine rings is 1. The number of nitrogens with zero attached hydrogens (tertiary/aromatic N) is 3. The van der Waals surface area contributed by atoms with Gasteiger partial charge in [-0.1, -0.05) is 53.7 Å². The van der Waals surface area contributed by atoms with Crippen LogP contribution in [0.15, 0.2) is 29.3 Å². The van der Waals surface area contributed by atoms with Gasteiger partial charge in [0.1, 0.15) is 10.7 Å². The van der Waals surface area contributed by atoms with E-state index in [0.29, 0.717) is 42.4 Å². The van der Waals surface area contributed by atoms with Crippen LogP contribution < -0.4 is 4.18 Å². The second-order valence-corrected chi connectivity index (χ2v) is 13.1. The van der Waals surface area contributed by atoms with Crippen LogP contribution in [-0.2, 0) is 14.9 Å². The van der Waals surface area contributed by atoms with Crippen molar-refractivity contribution in [3.05, 3.63) is 52.6 Å². The molecule has 0 saturated heterocycles. The zero-order valence-corrected chi connectivity index (χ0v) is 24.7. The van der Waals surface area contributed by atoms with Crippen molar-refractivity contribution in [2.24, 2.45) is 5.92 Å². The van der Waals surface area contributed by atoms with Gasteiger partial charge in [-0.25, -0.2) is 4.98 Å². The molecular formula is C30H39N3O5S. The number of hydrogen-bond acceptors (Lipinski definition) is 7. The summed E-state index contributed by atoms with van der Waals surface area (Å²) in [5.74, 6) is -0.450. The van der Waals surface area contributed by atoms with Gasteiger partial charge in [-0.3, -0.25) is 9.78 Å². The Morgan fingerprint density at radius 3 is 2.03 bits per heavy atom. The molecule has 210 valence electrons. The highest BCUT2D eigenvalue weighted by Crippen LogP contribution is 2.39. The molecule has 0 amide bonds. The number of carboxylic acid groups (broad SMARTS) is 1. The summed E-state index contributed by atoms with van der Waals surface area (Å²) >= 11 is 0. The highest BCUT2D eigenvalue weighted by Gasteiger charge is 2.31. The van der Waals surface area contributed by atoms with Crippen LogP contribution in [0.25, 0.3) is 10.9 Å². The number of fused-ring (bicyclic) bond motifs is 1. The number of carboxylic acids is 1. The van der Waals surface area contributed by atoms with Gasteiger partial charge in [0.15, 0.2) is 0 Å². The molecule has 1 aliphatic carbocycles. The lowest BCUT2D eigenvalue weighted by Gasteiger charge is -2.25. The van der Waals surface area contributed by atoms with Gasteiger partial charge >= 0.3 is 16.1 Å². The normalized spacial score (nSPS) is 18.3. The molecule has 1 saturated carbocycles. The Morgan fingerprint density at radius 1 is 0.923 bits per heavy atom. The molecule has 9 heteroatoms. The molecule has 4 rings (SSSR count). The van der Waals surface area contributed by atoms with Gasteiger partial charge in [0.25, 0.3) is 0 Å². The van der Waals surface area contributed by atoms with Crippen molar-refractivity contribution in [1.82, 2.24) is 15.0 Å². The maximum absolute atomic E-state index is 14.0. The first-order chi connectivity index (χ1) is 18.3. The maximum Gasteiger partial charge on any atom is 0.341 e. The highest BCUT2D eigenvalue weighted by atomic mass is 32.2. The third-order valence-corrected chi connectivity index (χ3v) is 9.04. The van der Waals surface area contributed by atoms with Crippen LogP contribution in [0.1, 0.15) is 119 Å². The fourth-order valence-corrected chi connectivity index (χ4v) is 6.96. The maximum atomic E-state index is 14.0. The number of hydrogen-bond donors (Lipinski definition) is 1. The summed E-state index contributed by atoms with van der Waals surface area (Å²) in [6, 6.07) is 5.77. The largest absolute Gasteiger partial charge is 0.481 e. The summed E-state index contributed by atoms with van der Waals surface area (Å²) in [5, 5.41) is 9.82. The molecule has 2 heterocycles. The summed E-state index contributed by atoms with van der Waals surface area (Å²) in [7, 11) is -4.25. The lowest BCUT2D eigenvalue weighted by Crippen LogP contribution is -2.21. The number of benzene rings is 1. The van der Waals surface area contributed by atoms with Gasteiger partial charge in [0, 0.05) is 11.6 Å². The summed E-state index contributed by atoms with van der Waals surface area (Å²) in [5.41, 5.74) is 3.83. The SMILES string of the molecule is Cc1nc(OS(=O)(=O)c2c(C(C)C)cc(C(C)C)cc2C(C)C)c2cc(C3CCC(C(=O)O)CC3)ncc2n1. The monoisotopic (exact) mass is 553 g/mol. The molecule has 1 fully saturated rings. The van der Waals surface area contributed by atoms with Gasteiger partial charge in [-0.2, -0.15) is 13.4 Å². The Balaban J connectivity index is 1.80. The number of aryl methyl sites for hydroxylation is 1. The number of aromatic nitrogens is 3. The Hall–Kier alpha value is -3.07. The lowest BCUT2D eigenvalue weighted by atomic mass is 9.80. The molecule has 0 bridgehead atoms. The molecule has 0 aliphatic heterocycles. The zero-order valence-electron chi connectivity index (χ0n) is 23.9.